The maximum absolute atomic E-state index is 12.8. The van der Waals surface area contributed by atoms with Crippen LogP contribution < -0.4 is 0 Å². The van der Waals surface area contributed by atoms with Crippen molar-refractivity contribution in [2.75, 3.05) is 26.3 Å². The maximum atomic E-state index is 12.8. The first-order chi connectivity index (χ1) is 15.3. The highest BCUT2D eigenvalue weighted by atomic mass is 16.5. The molecule has 0 bridgehead atoms. The smallest absolute Gasteiger partial charge is 0.231 e. The van der Waals surface area contributed by atoms with Gasteiger partial charge < -0.3 is 19.1 Å². The standard InChI is InChI=1S/C23H29N5O3/c29-21(9-3-8-20-24-18-6-1-2-7-19(18)25-20)28-12-4-5-17(15-28)23-26-22(27-31-23)16-10-13-30-14-11-16/h1-2,6-7,16-17H,3-5,8-15H2,(H,24,25). The molecular weight excluding hydrogens is 394 g/mol. The number of likely N-dealkylation sites (tertiary alicyclic amines) is 1. The number of H-pyrrole nitrogens is 1. The van der Waals surface area contributed by atoms with Gasteiger partial charge in [-0.15, -0.1) is 0 Å². The third-order valence-corrected chi connectivity index (χ3v) is 6.41. The van der Waals surface area contributed by atoms with Crippen molar-refractivity contribution in [1.29, 1.82) is 0 Å². The van der Waals surface area contributed by atoms with E-state index in [1.54, 1.807) is 0 Å². The van der Waals surface area contributed by atoms with Gasteiger partial charge in [-0.05, 0) is 44.2 Å². The summed E-state index contributed by atoms with van der Waals surface area (Å²) in [4.78, 5) is 27.4. The Kier molecular flexibility index (Phi) is 5.97. The molecule has 8 nitrogen and oxygen atoms in total. The molecule has 2 aliphatic heterocycles. The second kappa shape index (κ2) is 9.18. The zero-order valence-corrected chi connectivity index (χ0v) is 17.8. The summed E-state index contributed by atoms with van der Waals surface area (Å²) in [6.07, 6.45) is 5.93. The number of nitrogens with zero attached hydrogens (tertiary/aromatic N) is 4. The lowest BCUT2D eigenvalue weighted by Gasteiger charge is -2.31. The van der Waals surface area contributed by atoms with Crippen LogP contribution >= 0.6 is 0 Å². The van der Waals surface area contributed by atoms with Crippen molar-refractivity contribution in [2.24, 2.45) is 0 Å². The van der Waals surface area contributed by atoms with Crippen molar-refractivity contribution in [3.05, 3.63) is 41.8 Å². The molecule has 1 aromatic carbocycles. The summed E-state index contributed by atoms with van der Waals surface area (Å²) in [5.41, 5.74) is 2.02. The molecule has 1 atom stereocenters. The first-order valence-electron chi connectivity index (χ1n) is 11.4. The van der Waals surface area contributed by atoms with Crippen molar-refractivity contribution in [3.63, 3.8) is 0 Å². The van der Waals surface area contributed by atoms with E-state index in [0.29, 0.717) is 24.8 Å². The molecule has 2 fully saturated rings. The third kappa shape index (κ3) is 4.63. The van der Waals surface area contributed by atoms with Gasteiger partial charge in [0.2, 0.25) is 11.8 Å². The summed E-state index contributed by atoms with van der Waals surface area (Å²) in [6.45, 7) is 2.99. The van der Waals surface area contributed by atoms with E-state index in [9.17, 15) is 4.79 Å². The minimum atomic E-state index is 0.133. The van der Waals surface area contributed by atoms with Gasteiger partial charge in [0, 0.05) is 45.1 Å². The van der Waals surface area contributed by atoms with Gasteiger partial charge in [-0.2, -0.15) is 4.98 Å². The molecule has 0 aliphatic carbocycles. The molecule has 0 saturated carbocycles. The number of nitrogens with one attached hydrogen (secondary N) is 1. The van der Waals surface area contributed by atoms with E-state index >= 15 is 0 Å². The number of piperidine rings is 1. The van der Waals surface area contributed by atoms with Gasteiger partial charge >= 0.3 is 0 Å². The second-order valence-electron chi connectivity index (χ2n) is 8.61. The van der Waals surface area contributed by atoms with Crippen LogP contribution in [-0.2, 0) is 16.0 Å². The molecule has 2 aromatic heterocycles. The largest absolute Gasteiger partial charge is 0.381 e. The van der Waals surface area contributed by atoms with Crippen LogP contribution in [-0.4, -0.2) is 57.2 Å². The molecule has 31 heavy (non-hydrogen) atoms. The fourth-order valence-electron chi connectivity index (χ4n) is 4.63. The molecule has 5 rings (SSSR count). The monoisotopic (exact) mass is 423 g/mol. The van der Waals surface area contributed by atoms with Crippen LogP contribution in [0.5, 0.6) is 0 Å². The number of imidazole rings is 1. The Labute approximate surface area is 181 Å². The summed E-state index contributed by atoms with van der Waals surface area (Å²) in [5.74, 6) is 3.08. The summed E-state index contributed by atoms with van der Waals surface area (Å²) < 4.78 is 11.0. The molecule has 2 saturated heterocycles. The van der Waals surface area contributed by atoms with Gasteiger partial charge in [0.1, 0.15) is 5.82 Å². The van der Waals surface area contributed by atoms with Crippen molar-refractivity contribution >= 4 is 16.9 Å². The predicted molar refractivity (Wildman–Crippen MR) is 115 cm³/mol. The summed E-state index contributed by atoms with van der Waals surface area (Å²) in [6, 6.07) is 8.00. The van der Waals surface area contributed by atoms with Crippen molar-refractivity contribution in [2.45, 2.75) is 56.8 Å². The molecule has 0 spiro atoms. The number of ether oxygens (including phenoxy) is 1. The number of aryl methyl sites for hydroxylation is 1. The van der Waals surface area contributed by atoms with Gasteiger partial charge in [-0.1, -0.05) is 17.3 Å². The van der Waals surface area contributed by atoms with Crippen LogP contribution in [0.4, 0.5) is 0 Å². The van der Waals surface area contributed by atoms with Crippen LogP contribution in [0.3, 0.4) is 0 Å². The van der Waals surface area contributed by atoms with Gasteiger partial charge in [-0.3, -0.25) is 4.79 Å². The number of amides is 1. The fraction of sp³-hybridized carbons (Fsp3) is 0.565. The van der Waals surface area contributed by atoms with Crippen molar-refractivity contribution in [1.82, 2.24) is 25.0 Å². The van der Waals surface area contributed by atoms with Crippen molar-refractivity contribution in [3.8, 4) is 0 Å². The van der Waals surface area contributed by atoms with E-state index in [0.717, 1.165) is 81.0 Å². The Hall–Kier alpha value is -2.74. The lowest BCUT2D eigenvalue weighted by molar-refractivity contribution is -0.132. The van der Waals surface area contributed by atoms with Gasteiger partial charge in [0.25, 0.3) is 0 Å². The normalized spacial score (nSPS) is 20.4. The molecule has 1 unspecified atom stereocenters. The summed E-state index contributed by atoms with van der Waals surface area (Å²) >= 11 is 0. The Morgan fingerprint density at radius 1 is 1.13 bits per heavy atom. The molecule has 1 amide bonds. The number of hydrogen-bond donors (Lipinski definition) is 1. The maximum Gasteiger partial charge on any atom is 0.231 e. The second-order valence-corrected chi connectivity index (χ2v) is 8.61. The SMILES string of the molecule is O=C(CCCc1nc2ccccc2[nH]1)N1CCCC(c2nc(C3CCOCC3)no2)C1. The number of fused-ring (bicyclic) bond motifs is 1. The number of carbonyl (C=O) groups is 1. The van der Waals surface area contributed by atoms with Gasteiger partial charge in [0.15, 0.2) is 5.82 Å². The average Bonchev–Trinajstić information content (AvgIpc) is 3.47. The zero-order valence-electron chi connectivity index (χ0n) is 17.8. The van der Waals surface area contributed by atoms with Crippen LogP contribution in [0.15, 0.2) is 28.8 Å². The predicted octanol–water partition coefficient (Wildman–Crippen LogP) is 3.57. The zero-order chi connectivity index (χ0) is 21.0. The minimum absolute atomic E-state index is 0.133. The summed E-state index contributed by atoms with van der Waals surface area (Å²) in [7, 11) is 0. The number of benzene rings is 1. The topological polar surface area (TPSA) is 97.1 Å². The Bertz CT molecular complexity index is 990. The highest BCUT2D eigenvalue weighted by Crippen LogP contribution is 2.30. The molecule has 3 aromatic rings. The highest BCUT2D eigenvalue weighted by molar-refractivity contribution is 5.76. The quantitative estimate of drug-likeness (QED) is 0.651. The first kappa shape index (κ1) is 20.2. The minimum Gasteiger partial charge on any atom is -0.381 e. The van der Waals surface area contributed by atoms with Gasteiger partial charge in [0.05, 0.1) is 17.0 Å². The molecule has 164 valence electrons. The Morgan fingerprint density at radius 3 is 2.87 bits per heavy atom. The van der Waals surface area contributed by atoms with E-state index in [1.165, 1.54) is 0 Å². The third-order valence-electron chi connectivity index (χ3n) is 6.41. The number of hydrogen-bond acceptors (Lipinski definition) is 6. The van der Waals surface area contributed by atoms with E-state index < -0.39 is 0 Å². The molecule has 2 aliphatic rings. The van der Waals surface area contributed by atoms with Crippen LogP contribution in [0, 0.1) is 0 Å². The van der Waals surface area contributed by atoms with Crippen molar-refractivity contribution < 1.29 is 14.1 Å². The Morgan fingerprint density at radius 2 is 2.00 bits per heavy atom. The lowest BCUT2D eigenvalue weighted by Crippen LogP contribution is -2.39. The molecular formula is C23H29N5O3. The average molecular weight is 424 g/mol. The first-order valence-corrected chi connectivity index (χ1v) is 11.4. The number of aromatic nitrogens is 4. The molecule has 1 N–H and O–H groups in total. The molecule has 4 heterocycles. The van der Waals surface area contributed by atoms with Crippen LogP contribution in [0.2, 0.25) is 0 Å². The fourth-order valence-corrected chi connectivity index (χ4v) is 4.63. The number of para-hydroxylation sites is 2. The van der Waals surface area contributed by atoms with Crippen LogP contribution in [0.25, 0.3) is 11.0 Å². The number of aromatic amines is 1. The van der Waals surface area contributed by atoms with E-state index in [4.69, 9.17) is 14.2 Å². The van der Waals surface area contributed by atoms with Crippen LogP contribution in [0.1, 0.15) is 67.9 Å². The van der Waals surface area contributed by atoms with E-state index in [-0.39, 0.29) is 11.8 Å². The van der Waals surface area contributed by atoms with Gasteiger partial charge in [-0.25, -0.2) is 4.98 Å². The number of rotatable bonds is 6. The Balaban J connectivity index is 1.13. The molecule has 0 radical (unpaired) electrons. The highest BCUT2D eigenvalue weighted by Gasteiger charge is 2.30. The van der Waals surface area contributed by atoms with E-state index in [1.807, 2.05) is 29.2 Å². The lowest BCUT2D eigenvalue weighted by atomic mass is 9.97. The summed E-state index contributed by atoms with van der Waals surface area (Å²) in [5, 5.41) is 4.23. The molecule has 8 heteroatoms. The van der Waals surface area contributed by atoms with E-state index in [2.05, 4.69) is 15.1 Å². The number of carbonyl (C=O) groups excluding carboxylic acids is 1.